The van der Waals surface area contributed by atoms with E-state index in [9.17, 15) is 9.59 Å². The molecule has 4 N–H and O–H groups in total. The summed E-state index contributed by atoms with van der Waals surface area (Å²) in [5, 5.41) is 5.30. The fourth-order valence-corrected chi connectivity index (χ4v) is 1.60. The van der Waals surface area contributed by atoms with Gasteiger partial charge >= 0.3 is 0 Å². The van der Waals surface area contributed by atoms with Crippen LogP contribution in [0.25, 0.3) is 0 Å². The van der Waals surface area contributed by atoms with Crippen LogP contribution in [0.1, 0.15) is 16.8 Å². The number of benzene rings is 1. The van der Waals surface area contributed by atoms with Crippen LogP contribution in [0, 0.1) is 5.92 Å². The fourth-order valence-electron chi connectivity index (χ4n) is 1.60. The summed E-state index contributed by atoms with van der Waals surface area (Å²) < 4.78 is 0. The second-order valence-electron chi connectivity index (χ2n) is 4.15. The number of anilines is 1. The molecule has 5 heteroatoms. The average molecular weight is 233 g/mol. The molecule has 0 spiro atoms. The number of carbonyl (C=O) groups excluding carboxylic acids is 2. The molecule has 0 bridgehead atoms. The summed E-state index contributed by atoms with van der Waals surface area (Å²) in [5.74, 6) is -0.258. The standard InChI is InChI=1S/C12H15N3O2/c1-14-11(16)7-2-4-8(5-3-7)15-12(17)9-6-10(9)13/h2-5,9-10H,6,13H2,1H3,(H,14,16)(H,15,17). The van der Waals surface area contributed by atoms with Gasteiger partial charge in [-0.1, -0.05) is 0 Å². The summed E-state index contributed by atoms with van der Waals surface area (Å²) in [6.45, 7) is 0. The van der Waals surface area contributed by atoms with E-state index >= 15 is 0 Å². The van der Waals surface area contributed by atoms with Crippen LogP contribution in [-0.4, -0.2) is 24.9 Å². The summed E-state index contributed by atoms with van der Waals surface area (Å²) in [6.07, 6.45) is 0.752. The molecule has 17 heavy (non-hydrogen) atoms. The van der Waals surface area contributed by atoms with E-state index in [1.807, 2.05) is 0 Å². The van der Waals surface area contributed by atoms with E-state index < -0.39 is 0 Å². The summed E-state index contributed by atoms with van der Waals surface area (Å²) in [6, 6.07) is 6.75. The van der Waals surface area contributed by atoms with E-state index in [1.165, 1.54) is 0 Å². The molecule has 2 rings (SSSR count). The van der Waals surface area contributed by atoms with E-state index in [2.05, 4.69) is 10.6 Å². The van der Waals surface area contributed by atoms with Crippen LogP contribution in [0.3, 0.4) is 0 Å². The van der Waals surface area contributed by atoms with Crippen LogP contribution in [0.15, 0.2) is 24.3 Å². The van der Waals surface area contributed by atoms with Crippen molar-refractivity contribution >= 4 is 17.5 Å². The van der Waals surface area contributed by atoms with E-state index in [0.29, 0.717) is 11.3 Å². The number of carbonyl (C=O) groups is 2. The van der Waals surface area contributed by atoms with Crippen LogP contribution in [0.4, 0.5) is 5.69 Å². The van der Waals surface area contributed by atoms with Gasteiger partial charge in [-0.3, -0.25) is 9.59 Å². The van der Waals surface area contributed by atoms with Crippen molar-refractivity contribution < 1.29 is 9.59 Å². The largest absolute Gasteiger partial charge is 0.355 e. The number of hydrogen-bond donors (Lipinski definition) is 3. The molecular weight excluding hydrogens is 218 g/mol. The minimum Gasteiger partial charge on any atom is -0.355 e. The van der Waals surface area contributed by atoms with Gasteiger partial charge in [-0.15, -0.1) is 0 Å². The molecule has 1 fully saturated rings. The Kier molecular flexibility index (Phi) is 3.10. The van der Waals surface area contributed by atoms with Gasteiger partial charge in [0.2, 0.25) is 5.91 Å². The predicted molar refractivity (Wildman–Crippen MR) is 64.5 cm³/mol. The third-order valence-corrected chi connectivity index (χ3v) is 2.82. The minimum atomic E-state index is -0.146. The fraction of sp³-hybridized carbons (Fsp3) is 0.333. The second-order valence-corrected chi connectivity index (χ2v) is 4.15. The Morgan fingerprint density at radius 1 is 1.29 bits per heavy atom. The van der Waals surface area contributed by atoms with Gasteiger partial charge in [-0.25, -0.2) is 0 Å². The summed E-state index contributed by atoms with van der Waals surface area (Å²) >= 11 is 0. The zero-order valence-electron chi connectivity index (χ0n) is 9.57. The minimum absolute atomic E-state index is 0.000132. The lowest BCUT2D eigenvalue weighted by Gasteiger charge is -2.05. The summed E-state index contributed by atoms with van der Waals surface area (Å²) in [5.41, 5.74) is 6.83. The molecule has 5 nitrogen and oxygen atoms in total. The van der Waals surface area contributed by atoms with E-state index in [1.54, 1.807) is 31.3 Å². The van der Waals surface area contributed by atoms with Crippen LogP contribution >= 0.6 is 0 Å². The van der Waals surface area contributed by atoms with E-state index in [0.717, 1.165) is 6.42 Å². The van der Waals surface area contributed by atoms with Crippen molar-refractivity contribution in [3.05, 3.63) is 29.8 Å². The van der Waals surface area contributed by atoms with Crippen LogP contribution < -0.4 is 16.4 Å². The first-order valence-electron chi connectivity index (χ1n) is 5.50. The van der Waals surface area contributed by atoms with Gasteiger partial charge in [-0.2, -0.15) is 0 Å². The number of rotatable bonds is 3. The van der Waals surface area contributed by atoms with Gasteiger partial charge in [0.05, 0.1) is 5.92 Å². The Morgan fingerprint density at radius 3 is 2.35 bits per heavy atom. The highest BCUT2D eigenvalue weighted by Crippen LogP contribution is 2.29. The lowest BCUT2D eigenvalue weighted by atomic mass is 10.2. The van der Waals surface area contributed by atoms with Crippen molar-refractivity contribution in [2.45, 2.75) is 12.5 Å². The Bertz CT molecular complexity index is 442. The molecule has 0 aromatic heterocycles. The van der Waals surface area contributed by atoms with Gasteiger partial charge < -0.3 is 16.4 Å². The second kappa shape index (κ2) is 4.55. The first-order chi connectivity index (χ1) is 8.11. The average Bonchev–Trinajstić information content (AvgIpc) is 3.06. The first-order valence-corrected chi connectivity index (χ1v) is 5.50. The molecule has 1 aliphatic carbocycles. The summed E-state index contributed by atoms with van der Waals surface area (Å²) in [7, 11) is 1.58. The molecule has 0 saturated heterocycles. The van der Waals surface area contributed by atoms with Crippen molar-refractivity contribution in [2.24, 2.45) is 11.7 Å². The zero-order valence-corrected chi connectivity index (χ0v) is 9.57. The molecule has 1 aromatic carbocycles. The number of nitrogens with one attached hydrogen (secondary N) is 2. The van der Waals surface area contributed by atoms with Crippen molar-refractivity contribution in [1.29, 1.82) is 0 Å². The molecule has 0 heterocycles. The molecule has 2 unspecified atom stereocenters. The first kappa shape index (κ1) is 11.6. The smallest absolute Gasteiger partial charge is 0.251 e. The molecule has 0 aliphatic heterocycles. The van der Waals surface area contributed by atoms with E-state index in [-0.39, 0.29) is 23.8 Å². The maximum Gasteiger partial charge on any atom is 0.251 e. The Hall–Kier alpha value is -1.88. The van der Waals surface area contributed by atoms with Crippen molar-refractivity contribution in [3.63, 3.8) is 0 Å². The monoisotopic (exact) mass is 233 g/mol. The summed E-state index contributed by atoms with van der Waals surface area (Å²) in [4.78, 5) is 22.9. The highest BCUT2D eigenvalue weighted by molar-refractivity contribution is 5.97. The SMILES string of the molecule is CNC(=O)c1ccc(NC(=O)C2CC2N)cc1. The van der Waals surface area contributed by atoms with Gasteiger partial charge in [0.1, 0.15) is 0 Å². The highest BCUT2D eigenvalue weighted by Gasteiger charge is 2.39. The quantitative estimate of drug-likeness (QED) is 0.703. The lowest BCUT2D eigenvalue weighted by molar-refractivity contribution is -0.117. The molecule has 1 aliphatic rings. The van der Waals surface area contributed by atoms with Crippen LogP contribution in [0.2, 0.25) is 0 Å². The number of hydrogen-bond acceptors (Lipinski definition) is 3. The van der Waals surface area contributed by atoms with Crippen molar-refractivity contribution in [2.75, 3.05) is 12.4 Å². The molecule has 1 saturated carbocycles. The predicted octanol–water partition coefficient (Wildman–Crippen LogP) is 0.332. The Labute approximate surface area is 99.4 Å². The lowest BCUT2D eigenvalue weighted by Crippen LogP contribution is -2.19. The highest BCUT2D eigenvalue weighted by atomic mass is 16.2. The van der Waals surface area contributed by atoms with Crippen LogP contribution in [0.5, 0.6) is 0 Å². The zero-order chi connectivity index (χ0) is 12.4. The van der Waals surface area contributed by atoms with Crippen LogP contribution in [-0.2, 0) is 4.79 Å². The molecular formula is C12H15N3O2. The Balaban J connectivity index is 1.98. The normalized spacial score (nSPS) is 21.8. The maximum absolute atomic E-state index is 11.6. The Morgan fingerprint density at radius 2 is 1.88 bits per heavy atom. The van der Waals surface area contributed by atoms with Gasteiger partial charge in [0.25, 0.3) is 5.91 Å². The molecule has 90 valence electrons. The molecule has 2 atom stereocenters. The molecule has 2 amide bonds. The van der Waals surface area contributed by atoms with E-state index in [4.69, 9.17) is 5.73 Å². The number of amides is 2. The van der Waals surface area contributed by atoms with Gasteiger partial charge in [0.15, 0.2) is 0 Å². The van der Waals surface area contributed by atoms with Gasteiger partial charge in [-0.05, 0) is 30.7 Å². The van der Waals surface area contributed by atoms with Gasteiger partial charge in [0, 0.05) is 24.3 Å². The maximum atomic E-state index is 11.6. The topological polar surface area (TPSA) is 84.2 Å². The molecule has 0 radical (unpaired) electrons. The third kappa shape index (κ3) is 2.62. The third-order valence-electron chi connectivity index (χ3n) is 2.82. The molecule has 1 aromatic rings. The van der Waals surface area contributed by atoms with Crippen molar-refractivity contribution in [3.8, 4) is 0 Å². The van der Waals surface area contributed by atoms with Crippen molar-refractivity contribution in [1.82, 2.24) is 5.32 Å². The number of nitrogens with two attached hydrogens (primary N) is 1.